The van der Waals surface area contributed by atoms with E-state index in [4.69, 9.17) is 5.11 Å². The number of halogens is 1. The van der Waals surface area contributed by atoms with E-state index < -0.39 is 11.9 Å². The summed E-state index contributed by atoms with van der Waals surface area (Å²) in [5.41, 5.74) is 0.621. The fourth-order valence-electron chi connectivity index (χ4n) is 1.79. The summed E-state index contributed by atoms with van der Waals surface area (Å²) in [6, 6.07) is 6.19. The highest BCUT2D eigenvalue weighted by molar-refractivity contribution is 5.95. The molecular formula is C13H13FN2O2. The van der Waals surface area contributed by atoms with Crippen LogP contribution in [0.15, 0.2) is 30.5 Å². The van der Waals surface area contributed by atoms with Gasteiger partial charge in [-0.2, -0.15) is 9.49 Å². The smallest absolute Gasteiger partial charge is 0.336 e. The molecule has 1 N–H and O–H groups in total. The van der Waals surface area contributed by atoms with Crippen LogP contribution in [-0.4, -0.2) is 20.9 Å². The molecule has 0 radical (unpaired) electrons. The monoisotopic (exact) mass is 248 g/mol. The molecule has 18 heavy (non-hydrogen) atoms. The van der Waals surface area contributed by atoms with Crippen LogP contribution in [0.4, 0.5) is 4.39 Å². The summed E-state index contributed by atoms with van der Waals surface area (Å²) in [5.74, 6) is -1.60. The van der Waals surface area contributed by atoms with E-state index in [1.165, 1.54) is 16.9 Å². The maximum Gasteiger partial charge on any atom is 0.336 e. The Hall–Kier alpha value is -2.17. The molecule has 0 saturated heterocycles. The van der Waals surface area contributed by atoms with Gasteiger partial charge in [-0.3, -0.25) is 0 Å². The molecule has 1 aromatic heterocycles. The van der Waals surface area contributed by atoms with E-state index in [0.29, 0.717) is 5.56 Å². The largest absolute Gasteiger partial charge is 0.478 e. The van der Waals surface area contributed by atoms with Gasteiger partial charge in [0.05, 0.1) is 17.3 Å². The summed E-state index contributed by atoms with van der Waals surface area (Å²) in [4.78, 5) is 11.1. The second-order valence-electron chi connectivity index (χ2n) is 4.24. The molecule has 4 nitrogen and oxygen atoms in total. The van der Waals surface area contributed by atoms with Crippen molar-refractivity contribution in [1.29, 1.82) is 0 Å². The molecule has 0 bridgehead atoms. The summed E-state index contributed by atoms with van der Waals surface area (Å²) in [5, 5.41) is 13.0. The lowest BCUT2D eigenvalue weighted by Crippen LogP contribution is -2.06. The average Bonchev–Trinajstić information content (AvgIpc) is 2.71. The third-order valence-electron chi connectivity index (χ3n) is 2.67. The molecule has 0 aliphatic heterocycles. The van der Waals surface area contributed by atoms with Crippen LogP contribution in [0.25, 0.3) is 11.1 Å². The maximum atomic E-state index is 14.1. The van der Waals surface area contributed by atoms with Crippen molar-refractivity contribution in [1.82, 2.24) is 9.78 Å². The van der Waals surface area contributed by atoms with Crippen molar-refractivity contribution in [2.24, 2.45) is 0 Å². The van der Waals surface area contributed by atoms with Gasteiger partial charge in [0.1, 0.15) is 0 Å². The molecule has 0 fully saturated rings. The van der Waals surface area contributed by atoms with E-state index in [1.54, 1.807) is 18.2 Å². The van der Waals surface area contributed by atoms with Gasteiger partial charge in [-0.05, 0) is 19.9 Å². The zero-order valence-electron chi connectivity index (χ0n) is 10.1. The highest BCUT2D eigenvalue weighted by atomic mass is 19.1. The molecule has 0 unspecified atom stereocenters. The first-order valence-electron chi connectivity index (χ1n) is 5.58. The number of benzene rings is 1. The molecule has 2 aromatic rings. The van der Waals surface area contributed by atoms with E-state index in [1.807, 2.05) is 13.8 Å². The Morgan fingerprint density at radius 2 is 2.00 bits per heavy atom. The normalized spacial score (nSPS) is 10.9. The van der Waals surface area contributed by atoms with Crippen LogP contribution in [0.5, 0.6) is 0 Å². The molecule has 2 rings (SSSR count). The molecule has 0 atom stereocenters. The zero-order chi connectivity index (χ0) is 13.3. The molecule has 0 amide bonds. The minimum atomic E-state index is -1.08. The zero-order valence-corrected chi connectivity index (χ0v) is 10.1. The lowest BCUT2D eigenvalue weighted by Gasteiger charge is -2.07. The molecule has 0 aliphatic carbocycles. The first-order valence-corrected chi connectivity index (χ1v) is 5.58. The fourth-order valence-corrected chi connectivity index (χ4v) is 1.79. The van der Waals surface area contributed by atoms with E-state index in [-0.39, 0.29) is 17.2 Å². The molecule has 1 heterocycles. The number of aromatic carboxylic acids is 1. The number of carbonyl (C=O) groups is 1. The first-order chi connectivity index (χ1) is 8.52. The van der Waals surface area contributed by atoms with E-state index >= 15 is 0 Å². The number of aromatic nitrogens is 2. The van der Waals surface area contributed by atoms with Gasteiger partial charge in [0.15, 0.2) is 0 Å². The Morgan fingerprint density at radius 1 is 1.33 bits per heavy atom. The first kappa shape index (κ1) is 12.3. The van der Waals surface area contributed by atoms with Crippen molar-refractivity contribution in [2.75, 3.05) is 0 Å². The number of nitrogens with zero attached hydrogens (tertiary/aromatic N) is 2. The number of rotatable bonds is 3. The Kier molecular flexibility index (Phi) is 3.14. The summed E-state index contributed by atoms with van der Waals surface area (Å²) >= 11 is 0. The second kappa shape index (κ2) is 4.60. The highest BCUT2D eigenvalue weighted by Gasteiger charge is 2.18. The van der Waals surface area contributed by atoms with Gasteiger partial charge in [-0.15, -0.1) is 0 Å². The number of hydrogen-bond acceptors (Lipinski definition) is 2. The number of carboxylic acids is 1. The summed E-state index contributed by atoms with van der Waals surface area (Å²) in [6.07, 6.45) is 1.36. The van der Waals surface area contributed by atoms with E-state index in [9.17, 15) is 9.18 Å². The Morgan fingerprint density at radius 3 is 2.56 bits per heavy atom. The highest BCUT2D eigenvalue weighted by Crippen LogP contribution is 2.27. The third kappa shape index (κ3) is 1.99. The predicted molar refractivity (Wildman–Crippen MR) is 65.0 cm³/mol. The van der Waals surface area contributed by atoms with Crippen LogP contribution in [0.3, 0.4) is 0 Å². The van der Waals surface area contributed by atoms with Crippen molar-refractivity contribution in [3.63, 3.8) is 0 Å². The quantitative estimate of drug-likeness (QED) is 0.908. The van der Waals surface area contributed by atoms with Gasteiger partial charge in [0.2, 0.25) is 5.95 Å². The number of hydrogen-bond donors (Lipinski definition) is 1. The Balaban J connectivity index is 2.59. The minimum Gasteiger partial charge on any atom is -0.478 e. The molecule has 1 aromatic carbocycles. The number of carboxylic acid groups (broad SMARTS) is 1. The van der Waals surface area contributed by atoms with E-state index in [0.717, 1.165) is 0 Å². The van der Waals surface area contributed by atoms with Gasteiger partial charge in [0, 0.05) is 11.6 Å². The van der Waals surface area contributed by atoms with Gasteiger partial charge >= 0.3 is 5.97 Å². The van der Waals surface area contributed by atoms with Crippen molar-refractivity contribution >= 4 is 5.97 Å². The molecule has 5 heteroatoms. The molecule has 0 aliphatic rings. The van der Waals surface area contributed by atoms with Crippen LogP contribution in [-0.2, 0) is 0 Å². The Bertz CT molecular complexity index is 590. The van der Waals surface area contributed by atoms with Crippen molar-refractivity contribution in [3.05, 3.63) is 42.0 Å². The second-order valence-corrected chi connectivity index (χ2v) is 4.24. The van der Waals surface area contributed by atoms with Crippen LogP contribution in [0, 0.1) is 5.95 Å². The van der Waals surface area contributed by atoms with Crippen LogP contribution >= 0.6 is 0 Å². The van der Waals surface area contributed by atoms with Crippen molar-refractivity contribution in [3.8, 4) is 11.1 Å². The Labute approximate surface area is 104 Å². The van der Waals surface area contributed by atoms with Crippen LogP contribution < -0.4 is 0 Å². The van der Waals surface area contributed by atoms with Gasteiger partial charge in [-0.1, -0.05) is 18.2 Å². The van der Waals surface area contributed by atoms with Gasteiger partial charge < -0.3 is 5.11 Å². The maximum absolute atomic E-state index is 14.1. The summed E-state index contributed by atoms with van der Waals surface area (Å²) in [7, 11) is 0. The lowest BCUT2D eigenvalue weighted by molar-refractivity contribution is 0.0697. The molecular weight excluding hydrogens is 235 g/mol. The summed E-state index contributed by atoms with van der Waals surface area (Å²) in [6.45, 7) is 3.62. The predicted octanol–water partition coefficient (Wildman–Crippen LogP) is 2.97. The summed E-state index contributed by atoms with van der Waals surface area (Å²) < 4.78 is 15.4. The van der Waals surface area contributed by atoms with Crippen LogP contribution in [0.1, 0.15) is 30.2 Å². The van der Waals surface area contributed by atoms with Crippen molar-refractivity contribution in [2.45, 2.75) is 19.9 Å². The fraction of sp³-hybridized carbons (Fsp3) is 0.231. The molecule has 94 valence electrons. The van der Waals surface area contributed by atoms with Gasteiger partial charge in [0.25, 0.3) is 0 Å². The van der Waals surface area contributed by atoms with Crippen molar-refractivity contribution < 1.29 is 14.3 Å². The lowest BCUT2D eigenvalue weighted by atomic mass is 10.0. The van der Waals surface area contributed by atoms with E-state index in [2.05, 4.69) is 5.10 Å². The standard InChI is InChI=1S/C13H13FN2O2/c1-8(2)16-12(14)11(7-15-16)9-5-3-4-6-10(9)13(17)18/h3-8H,1-2H3,(H,17,18). The molecule has 0 spiro atoms. The topological polar surface area (TPSA) is 55.1 Å². The third-order valence-corrected chi connectivity index (χ3v) is 2.67. The molecule has 0 saturated carbocycles. The SMILES string of the molecule is CC(C)n1ncc(-c2ccccc2C(=O)O)c1F. The van der Waals surface area contributed by atoms with Gasteiger partial charge in [-0.25, -0.2) is 9.48 Å². The minimum absolute atomic E-state index is 0.0692. The van der Waals surface area contributed by atoms with Crippen LogP contribution in [0.2, 0.25) is 0 Å². The average molecular weight is 248 g/mol.